The van der Waals surface area contributed by atoms with Gasteiger partial charge in [0, 0.05) is 12.1 Å². The highest BCUT2D eigenvalue weighted by Crippen LogP contribution is 2.29. The fourth-order valence-electron chi connectivity index (χ4n) is 5.40. The summed E-state index contributed by atoms with van der Waals surface area (Å²) in [6, 6.07) is 16.0. The van der Waals surface area contributed by atoms with E-state index in [1.54, 1.807) is 26.8 Å². The number of ether oxygens (including phenoxy) is 1. The molecular formula is C31H33FN4O4. The van der Waals surface area contributed by atoms with E-state index in [0.29, 0.717) is 31.4 Å². The van der Waals surface area contributed by atoms with E-state index in [9.17, 15) is 18.8 Å². The molecule has 0 unspecified atom stereocenters. The SMILES string of the molecule is Cc1ccccc1-c1cccc(-n2c(=O)n([C@H]3CC[C@@H](NC(=O)OC(C)(C)C)CC3)c(=O)c3cc(F)cnc32)c1. The molecule has 0 saturated heterocycles. The molecule has 208 valence electrons. The molecule has 1 saturated carbocycles. The van der Waals surface area contributed by atoms with Gasteiger partial charge in [0.1, 0.15) is 11.4 Å². The third-order valence-corrected chi connectivity index (χ3v) is 7.23. The Morgan fingerprint density at radius 1 is 1.02 bits per heavy atom. The normalized spacial score (nSPS) is 17.5. The van der Waals surface area contributed by atoms with E-state index in [0.717, 1.165) is 29.0 Å². The highest BCUT2D eigenvalue weighted by molar-refractivity contribution is 5.77. The smallest absolute Gasteiger partial charge is 0.407 e. The van der Waals surface area contributed by atoms with Crippen molar-refractivity contribution < 1.29 is 13.9 Å². The van der Waals surface area contributed by atoms with Gasteiger partial charge in [-0.1, -0.05) is 36.4 Å². The number of hydrogen-bond acceptors (Lipinski definition) is 5. The number of carbonyl (C=O) groups excluding carboxylic acids is 1. The maximum atomic E-state index is 14.3. The average molecular weight is 545 g/mol. The summed E-state index contributed by atoms with van der Waals surface area (Å²) in [4.78, 5) is 44.0. The molecule has 40 heavy (non-hydrogen) atoms. The highest BCUT2D eigenvalue weighted by Gasteiger charge is 2.29. The summed E-state index contributed by atoms with van der Waals surface area (Å²) in [6.45, 7) is 7.42. The number of aromatic nitrogens is 3. The van der Waals surface area contributed by atoms with Crippen molar-refractivity contribution in [3.05, 3.63) is 93.0 Å². The van der Waals surface area contributed by atoms with Crippen LogP contribution in [0.3, 0.4) is 0 Å². The molecule has 1 aliphatic carbocycles. The molecular weight excluding hydrogens is 511 g/mol. The maximum absolute atomic E-state index is 14.3. The molecule has 0 atom stereocenters. The molecule has 0 aliphatic heterocycles. The number of fused-ring (bicyclic) bond motifs is 1. The van der Waals surface area contributed by atoms with Crippen molar-refractivity contribution in [2.75, 3.05) is 0 Å². The van der Waals surface area contributed by atoms with Gasteiger partial charge >= 0.3 is 11.8 Å². The van der Waals surface area contributed by atoms with E-state index in [2.05, 4.69) is 10.3 Å². The van der Waals surface area contributed by atoms with Crippen LogP contribution < -0.4 is 16.6 Å². The molecule has 1 fully saturated rings. The number of carbonyl (C=O) groups is 1. The van der Waals surface area contributed by atoms with Crippen LogP contribution in [-0.4, -0.2) is 31.9 Å². The lowest BCUT2D eigenvalue weighted by molar-refractivity contribution is 0.0487. The standard InChI is InChI=1S/C31H33FN4O4/c1-19-8-5-6-11-25(19)20-9-7-10-24(16-20)35-27-26(17-21(32)18-33-27)28(37)36(30(35)39)23-14-12-22(13-15-23)34-29(38)40-31(2,3)4/h5-11,16-18,22-23H,12-15H2,1-4H3,(H,34,38)/t22-,23+. The van der Waals surface area contributed by atoms with Crippen LogP contribution in [0.5, 0.6) is 0 Å². The number of aryl methyl sites for hydroxylation is 1. The van der Waals surface area contributed by atoms with Gasteiger partial charge in [-0.05, 0) is 88.3 Å². The molecule has 2 aromatic heterocycles. The Morgan fingerprint density at radius 2 is 1.75 bits per heavy atom. The predicted octanol–water partition coefficient (Wildman–Crippen LogP) is 5.67. The first-order valence-electron chi connectivity index (χ1n) is 13.5. The van der Waals surface area contributed by atoms with E-state index >= 15 is 0 Å². The summed E-state index contributed by atoms with van der Waals surface area (Å²) < 4.78 is 22.3. The average Bonchev–Trinajstić information content (AvgIpc) is 2.89. The largest absolute Gasteiger partial charge is 0.444 e. The summed E-state index contributed by atoms with van der Waals surface area (Å²) >= 11 is 0. The molecule has 8 nitrogen and oxygen atoms in total. The predicted molar refractivity (Wildman–Crippen MR) is 152 cm³/mol. The Morgan fingerprint density at radius 3 is 2.45 bits per heavy atom. The number of amides is 1. The summed E-state index contributed by atoms with van der Waals surface area (Å²) in [5.74, 6) is -0.653. The number of nitrogens with zero attached hydrogens (tertiary/aromatic N) is 3. The van der Waals surface area contributed by atoms with Gasteiger partial charge < -0.3 is 10.1 Å². The lowest BCUT2D eigenvalue weighted by Gasteiger charge is -2.31. The number of halogens is 1. The molecule has 1 amide bonds. The molecule has 9 heteroatoms. The minimum absolute atomic E-state index is 0.0369. The van der Waals surface area contributed by atoms with Crippen LogP contribution in [0.1, 0.15) is 58.1 Å². The first-order valence-corrected chi connectivity index (χ1v) is 13.5. The molecule has 0 spiro atoms. The third kappa shape index (κ3) is 5.54. The van der Waals surface area contributed by atoms with Crippen LogP contribution >= 0.6 is 0 Å². The second kappa shape index (κ2) is 10.7. The summed E-state index contributed by atoms with van der Waals surface area (Å²) in [5.41, 5.74) is 1.94. The van der Waals surface area contributed by atoms with E-state index < -0.39 is 34.8 Å². The molecule has 1 aliphatic rings. The molecule has 4 aromatic rings. The van der Waals surface area contributed by atoms with E-state index in [-0.39, 0.29) is 17.1 Å². The lowest BCUT2D eigenvalue weighted by Crippen LogP contribution is -2.45. The first kappa shape index (κ1) is 27.3. The van der Waals surface area contributed by atoms with Crippen LogP contribution in [0.25, 0.3) is 27.8 Å². The second-order valence-corrected chi connectivity index (χ2v) is 11.3. The van der Waals surface area contributed by atoms with Crippen molar-refractivity contribution >= 4 is 17.1 Å². The van der Waals surface area contributed by atoms with Gasteiger partial charge in [0.25, 0.3) is 5.56 Å². The maximum Gasteiger partial charge on any atom is 0.407 e. The number of alkyl carbamates (subject to hydrolysis) is 1. The van der Waals surface area contributed by atoms with Crippen LogP contribution in [-0.2, 0) is 4.74 Å². The van der Waals surface area contributed by atoms with Gasteiger partial charge in [-0.3, -0.25) is 9.36 Å². The van der Waals surface area contributed by atoms with Crippen LogP contribution in [0.4, 0.5) is 9.18 Å². The highest BCUT2D eigenvalue weighted by atomic mass is 19.1. The Labute approximate surface area is 231 Å². The lowest BCUT2D eigenvalue weighted by atomic mass is 9.91. The van der Waals surface area contributed by atoms with Crippen molar-refractivity contribution in [1.29, 1.82) is 0 Å². The number of rotatable bonds is 4. The van der Waals surface area contributed by atoms with Gasteiger partial charge in [0.2, 0.25) is 0 Å². The third-order valence-electron chi connectivity index (χ3n) is 7.23. The number of benzene rings is 2. The van der Waals surface area contributed by atoms with E-state index in [4.69, 9.17) is 4.74 Å². The second-order valence-electron chi connectivity index (χ2n) is 11.3. The Bertz CT molecular complexity index is 1690. The van der Waals surface area contributed by atoms with Crippen molar-refractivity contribution in [3.8, 4) is 16.8 Å². The summed E-state index contributed by atoms with van der Waals surface area (Å²) in [5, 5.41) is 2.92. The molecule has 0 bridgehead atoms. The number of hydrogen-bond donors (Lipinski definition) is 1. The van der Waals surface area contributed by atoms with Crippen molar-refractivity contribution in [2.24, 2.45) is 0 Å². The fourth-order valence-corrected chi connectivity index (χ4v) is 5.40. The van der Waals surface area contributed by atoms with Gasteiger partial charge in [0.05, 0.1) is 17.3 Å². The zero-order valence-electron chi connectivity index (χ0n) is 23.1. The van der Waals surface area contributed by atoms with Crippen LogP contribution in [0.15, 0.2) is 70.4 Å². The van der Waals surface area contributed by atoms with Gasteiger partial charge in [-0.15, -0.1) is 0 Å². The topological polar surface area (TPSA) is 95.2 Å². The summed E-state index contributed by atoms with van der Waals surface area (Å²) in [7, 11) is 0. The minimum Gasteiger partial charge on any atom is -0.444 e. The van der Waals surface area contributed by atoms with Crippen LogP contribution in [0.2, 0.25) is 0 Å². The van der Waals surface area contributed by atoms with Crippen molar-refractivity contribution in [2.45, 2.75) is 71.1 Å². The minimum atomic E-state index is -0.653. The fraction of sp³-hybridized carbons (Fsp3) is 0.355. The monoisotopic (exact) mass is 544 g/mol. The van der Waals surface area contributed by atoms with Gasteiger partial charge in [-0.2, -0.15) is 0 Å². The van der Waals surface area contributed by atoms with Crippen molar-refractivity contribution in [1.82, 2.24) is 19.4 Å². The van der Waals surface area contributed by atoms with E-state index in [1.165, 1.54) is 9.13 Å². The van der Waals surface area contributed by atoms with Crippen LogP contribution in [0, 0.1) is 12.7 Å². The number of nitrogens with one attached hydrogen (secondary N) is 1. The molecule has 2 aromatic carbocycles. The summed E-state index contributed by atoms with van der Waals surface area (Å²) in [6.07, 6.45) is 2.65. The van der Waals surface area contributed by atoms with Crippen molar-refractivity contribution in [3.63, 3.8) is 0 Å². The molecule has 0 radical (unpaired) electrons. The zero-order chi connectivity index (χ0) is 28.6. The Balaban J connectivity index is 1.54. The van der Waals surface area contributed by atoms with Gasteiger partial charge in [0.15, 0.2) is 5.65 Å². The van der Waals surface area contributed by atoms with E-state index in [1.807, 2.05) is 49.4 Å². The molecule has 5 rings (SSSR count). The zero-order valence-corrected chi connectivity index (χ0v) is 23.1. The quantitative estimate of drug-likeness (QED) is 0.357. The molecule has 2 heterocycles. The van der Waals surface area contributed by atoms with Gasteiger partial charge in [-0.25, -0.2) is 23.5 Å². The molecule has 1 N–H and O–H groups in total. The Kier molecular flexibility index (Phi) is 7.31. The number of pyridine rings is 1. The Hall–Kier alpha value is -4.27. The first-order chi connectivity index (χ1) is 19.0.